The lowest BCUT2D eigenvalue weighted by atomic mass is 9.84. The van der Waals surface area contributed by atoms with Gasteiger partial charge in [0.2, 0.25) is 0 Å². The molecule has 2 aliphatic rings. The van der Waals surface area contributed by atoms with E-state index in [2.05, 4.69) is 0 Å². The predicted octanol–water partition coefficient (Wildman–Crippen LogP) is 3.04. The summed E-state index contributed by atoms with van der Waals surface area (Å²) in [6.07, 6.45) is 5.22. The molecule has 3 nitrogen and oxygen atoms in total. The molecule has 1 aromatic carbocycles. The molecule has 1 aliphatic heterocycles. The third-order valence-electron chi connectivity index (χ3n) is 4.82. The third kappa shape index (κ3) is 2.44. The SMILES string of the molecule is O=C(O)[C@@H]1C[C@@H]2CCCC[C@H]2N1Cc1ccccc1F. The van der Waals surface area contributed by atoms with E-state index < -0.39 is 12.0 Å². The fraction of sp³-hybridized carbons (Fsp3) is 0.562. The van der Waals surface area contributed by atoms with Crippen LogP contribution in [0, 0.1) is 11.7 Å². The van der Waals surface area contributed by atoms with Crippen LogP contribution in [0.5, 0.6) is 0 Å². The Morgan fingerprint density at radius 2 is 2.05 bits per heavy atom. The molecule has 0 radical (unpaired) electrons. The van der Waals surface area contributed by atoms with Crippen LogP contribution in [0.4, 0.5) is 4.39 Å². The van der Waals surface area contributed by atoms with E-state index in [0.29, 0.717) is 30.5 Å². The summed E-state index contributed by atoms with van der Waals surface area (Å²) in [5, 5.41) is 9.44. The molecular formula is C16H20FNO2. The largest absolute Gasteiger partial charge is 0.480 e. The maximum absolute atomic E-state index is 13.8. The Kier molecular flexibility index (Phi) is 3.74. The van der Waals surface area contributed by atoms with Gasteiger partial charge in [0.05, 0.1) is 0 Å². The quantitative estimate of drug-likeness (QED) is 0.923. The average Bonchev–Trinajstić information content (AvgIpc) is 2.81. The monoisotopic (exact) mass is 277 g/mol. The van der Waals surface area contributed by atoms with Gasteiger partial charge >= 0.3 is 5.97 Å². The first-order valence-corrected chi connectivity index (χ1v) is 7.39. The van der Waals surface area contributed by atoms with Crippen LogP contribution in [0.2, 0.25) is 0 Å². The van der Waals surface area contributed by atoms with E-state index in [1.165, 1.54) is 12.5 Å². The van der Waals surface area contributed by atoms with Crippen molar-refractivity contribution in [1.29, 1.82) is 0 Å². The maximum Gasteiger partial charge on any atom is 0.320 e. The predicted molar refractivity (Wildman–Crippen MR) is 73.7 cm³/mol. The molecule has 0 aromatic heterocycles. The number of hydrogen-bond donors (Lipinski definition) is 1. The van der Waals surface area contributed by atoms with Crippen LogP contribution in [0.3, 0.4) is 0 Å². The molecule has 1 aromatic rings. The van der Waals surface area contributed by atoms with Crippen LogP contribution in [0.1, 0.15) is 37.7 Å². The third-order valence-corrected chi connectivity index (χ3v) is 4.82. The summed E-state index contributed by atoms with van der Waals surface area (Å²) < 4.78 is 13.8. The lowest BCUT2D eigenvalue weighted by Gasteiger charge is -2.33. The van der Waals surface area contributed by atoms with Crippen molar-refractivity contribution < 1.29 is 14.3 Å². The molecule has 1 N–H and O–H groups in total. The highest BCUT2D eigenvalue weighted by molar-refractivity contribution is 5.74. The first-order chi connectivity index (χ1) is 9.66. The molecule has 1 aliphatic carbocycles. The highest BCUT2D eigenvalue weighted by Crippen LogP contribution is 2.40. The van der Waals surface area contributed by atoms with E-state index in [9.17, 15) is 14.3 Å². The second kappa shape index (κ2) is 5.52. The molecule has 0 unspecified atom stereocenters. The lowest BCUT2D eigenvalue weighted by Crippen LogP contribution is -2.41. The van der Waals surface area contributed by atoms with Crippen LogP contribution >= 0.6 is 0 Å². The Bertz CT molecular complexity index is 505. The van der Waals surface area contributed by atoms with Gasteiger partial charge in [-0.1, -0.05) is 31.0 Å². The highest BCUT2D eigenvalue weighted by atomic mass is 19.1. The second-order valence-electron chi connectivity index (χ2n) is 5.97. The summed E-state index contributed by atoms with van der Waals surface area (Å²) in [5.74, 6) is -0.539. The summed E-state index contributed by atoms with van der Waals surface area (Å²) in [6, 6.07) is 6.53. The zero-order chi connectivity index (χ0) is 14.1. The van der Waals surface area contributed by atoms with Gasteiger partial charge in [-0.25, -0.2) is 4.39 Å². The van der Waals surface area contributed by atoms with Gasteiger partial charge in [0.1, 0.15) is 11.9 Å². The van der Waals surface area contributed by atoms with Gasteiger partial charge in [-0.15, -0.1) is 0 Å². The van der Waals surface area contributed by atoms with Gasteiger partial charge in [-0.05, 0) is 31.2 Å². The fourth-order valence-corrected chi connectivity index (χ4v) is 3.85. The van der Waals surface area contributed by atoms with E-state index in [4.69, 9.17) is 0 Å². The molecule has 0 spiro atoms. The Balaban J connectivity index is 1.84. The number of benzene rings is 1. The summed E-state index contributed by atoms with van der Waals surface area (Å²) in [5.41, 5.74) is 0.602. The Hall–Kier alpha value is -1.42. The Morgan fingerprint density at radius 3 is 2.80 bits per heavy atom. The zero-order valence-corrected chi connectivity index (χ0v) is 11.5. The van der Waals surface area contributed by atoms with Gasteiger partial charge in [-0.3, -0.25) is 9.69 Å². The Labute approximate surface area is 118 Å². The zero-order valence-electron chi connectivity index (χ0n) is 11.5. The van der Waals surface area contributed by atoms with Crippen LogP contribution in [-0.2, 0) is 11.3 Å². The summed E-state index contributed by atoms with van der Waals surface area (Å²) >= 11 is 0. The van der Waals surface area contributed by atoms with Crippen LogP contribution in [0.25, 0.3) is 0 Å². The molecule has 0 amide bonds. The number of likely N-dealkylation sites (tertiary alicyclic amines) is 1. The molecule has 3 atom stereocenters. The smallest absolute Gasteiger partial charge is 0.320 e. The van der Waals surface area contributed by atoms with Crippen molar-refractivity contribution in [2.24, 2.45) is 5.92 Å². The van der Waals surface area contributed by atoms with Crippen molar-refractivity contribution in [2.45, 2.75) is 50.7 Å². The first-order valence-electron chi connectivity index (χ1n) is 7.39. The molecule has 3 rings (SSSR count). The summed E-state index contributed by atoms with van der Waals surface area (Å²) in [6.45, 7) is 0.408. The van der Waals surface area contributed by atoms with Crippen LogP contribution in [0.15, 0.2) is 24.3 Å². The normalized spacial score (nSPS) is 30.1. The second-order valence-corrected chi connectivity index (χ2v) is 5.97. The number of aliphatic carboxylic acids is 1. The van der Waals surface area contributed by atoms with E-state index in [0.717, 1.165) is 19.3 Å². The molecule has 4 heteroatoms. The molecule has 1 saturated heterocycles. The minimum Gasteiger partial charge on any atom is -0.480 e. The van der Waals surface area contributed by atoms with Crippen molar-refractivity contribution in [3.05, 3.63) is 35.6 Å². The standard InChI is InChI=1S/C16H20FNO2/c17-13-7-3-1-6-12(13)10-18-14-8-4-2-5-11(14)9-15(18)16(19)20/h1,3,6-7,11,14-15H,2,4-5,8-10H2,(H,19,20)/t11-,14+,15-/m0/s1. The minimum atomic E-state index is -0.768. The van der Waals surface area contributed by atoms with Crippen molar-refractivity contribution in [2.75, 3.05) is 0 Å². The number of fused-ring (bicyclic) bond motifs is 1. The Morgan fingerprint density at radius 1 is 1.30 bits per heavy atom. The van der Waals surface area contributed by atoms with Crippen LogP contribution < -0.4 is 0 Å². The topological polar surface area (TPSA) is 40.5 Å². The van der Waals surface area contributed by atoms with Crippen molar-refractivity contribution in [3.8, 4) is 0 Å². The molecule has 1 heterocycles. The van der Waals surface area contributed by atoms with Gasteiger partial charge in [0, 0.05) is 18.2 Å². The number of hydrogen-bond acceptors (Lipinski definition) is 2. The molecule has 0 bridgehead atoms. The molecule has 1 saturated carbocycles. The molecule has 108 valence electrons. The number of nitrogens with zero attached hydrogens (tertiary/aromatic N) is 1. The molecular weight excluding hydrogens is 257 g/mol. The van der Waals surface area contributed by atoms with E-state index >= 15 is 0 Å². The van der Waals surface area contributed by atoms with Gasteiger partial charge in [0.25, 0.3) is 0 Å². The number of carbonyl (C=O) groups is 1. The maximum atomic E-state index is 13.8. The fourth-order valence-electron chi connectivity index (χ4n) is 3.85. The van der Waals surface area contributed by atoms with E-state index in [1.807, 2.05) is 11.0 Å². The summed E-state index contributed by atoms with van der Waals surface area (Å²) in [7, 11) is 0. The average molecular weight is 277 g/mol. The molecule has 20 heavy (non-hydrogen) atoms. The van der Waals surface area contributed by atoms with Crippen molar-refractivity contribution >= 4 is 5.97 Å². The number of halogens is 1. The number of carboxylic acid groups (broad SMARTS) is 1. The van der Waals surface area contributed by atoms with Crippen molar-refractivity contribution in [3.63, 3.8) is 0 Å². The van der Waals surface area contributed by atoms with Gasteiger partial charge < -0.3 is 5.11 Å². The van der Waals surface area contributed by atoms with Crippen LogP contribution in [-0.4, -0.2) is 28.1 Å². The number of rotatable bonds is 3. The van der Waals surface area contributed by atoms with E-state index in [1.54, 1.807) is 12.1 Å². The highest BCUT2D eigenvalue weighted by Gasteiger charge is 2.45. The molecule has 2 fully saturated rings. The van der Waals surface area contributed by atoms with Gasteiger partial charge in [0.15, 0.2) is 0 Å². The van der Waals surface area contributed by atoms with E-state index in [-0.39, 0.29) is 5.82 Å². The lowest BCUT2D eigenvalue weighted by molar-refractivity contribution is -0.142. The van der Waals surface area contributed by atoms with Crippen molar-refractivity contribution in [1.82, 2.24) is 4.90 Å². The minimum absolute atomic E-state index is 0.240. The summed E-state index contributed by atoms with van der Waals surface area (Å²) in [4.78, 5) is 13.5. The first kappa shape index (κ1) is 13.6. The van der Waals surface area contributed by atoms with Gasteiger partial charge in [-0.2, -0.15) is 0 Å². The number of carboxylic acids is 1.